The number of rotatable bonds is 2. The summed E-state index contributed by atoms with van der Waals surface area (Å²) in [5.41, 5.74) is 5.73. The van der Waals surface area contributed by atoms with Gasteiger partial charge in [-0.05, 0) is 6.92 Å². The Morgan fingerprint density at radius 2 is 2.60 bits per heavy atom. The molecule has 0 aliphatic carbocycles. The second-order valence-electron chi connectivity index (χ2n) is 2.00. The molecule has 4 nitrogen and oxygen atoms in total. The molecule has 10 heavy (non-hydrogen) atoms. The van der Waals surface area contributed by atoms with Crippen molar-refractivity contribution in [1.29, 1.82) is 5.41 Å². The number of amidine groups is 1. The monoisotopic (exact) mass is 138 g/mol. The van der Waals surface area contributed by atoms with E-state index in [1.165, 1.54) is 0 Å². The van der Waals surface area contributed by atoms with Crippen molar-refractivity contribution < 1.29 is 0 Å². The van der Waals surface area contributed by atoms with Gasteiger partial charge in [0, 0.05) is 12.7 Å². The molecule has 0 bridgehead atoms. The number of nitrogens with zero attached hydrogens (tertiary/aromatic N) is 2. The standard InChI is InChI=1S/C6H10N4/c1-2-10-3-5(6(7)8)9-4-10/h3-4H,2H2,1H3,(H3,7,8). The third kappa shape index (κ3) is 1.15. The van der Waals surface area contributed by atoms with Crippen LogP contribution in [-0.2, 0) is 6.54 Å². The summed E-state index contributed by atoms with van der Waals surface area (Å²) in [6.45, 7) is 2.87. The van der Waals surface area contributed by atoms with E-state index in [0.717, 1.165) is 6.54 Å². The smallest absolute Gasteiger partial charge is 0.143 e. The van der Waals surface area contributed by atoms with E-state index in [2.05, 4.69) is 4.98 Å². The van der Waals surface area contributed by atoms with Crippen molar-refractivity contribution >= 4 is 5.84 Å². The highest BCUT2D eigenvalue weighted by Gasteiger charge is 1.98. The summed E-state index contributed by atoms with van der Waals surface area (Å²) < 4.78 is 1.87. The van der Waals surface area contributed by atoms with Gasteiger partial charge in [0.1, 0.15) is 11.5 Å². The van der Waals surface area contributed by atoms with E-state index >= 15 is 0 Å². The Morgan fingerprint density at radius 1 is 1.90 bits per heavy atom. The van der Waals surface area contributed by atoms with Crippen molar-refractivity contribution in [3.8, 4) is 0 Å². The summed E-state index contributed by atoms with van der Waals surface area (Å²) in [6.07, 6.45) is 3.42. The Morgan fingerprint density at radius 3 is 2.90 bits per heavy atom. The van der Waals surface area contributed by atoms with Crippen LogP contribution in [0.5, 0.6) is 0 Å². The van der Waals surface area contributed by atoms with Crippen molar-refractivity contribution in [2.45, 2.75) is 13.5 Å². The second kappa shape index (κ2) is 2.51. The van der Waals surface area contributed by atoms with Crippen LogP contribution in [0.25, 0.3) is 0 Å². The second-order valence-corrected chi connectivity index (χ2v) is 2.00. The summed E-state index contributed by atoms with van der Waals surface area (Å²) in [5, 5.41) is 7.03. The predicted octanol–water partition coefficient (Wildman–Crippen LogP) is 0.187. The van der Waals surface area contributed by atoms with E-state index in [0.29, 0.717) is 5.69 Å². The molecule has 0 saturated carbocycles. The van der Waals surface area contributed by atoms with Gasteiger partial charge >= 0.3 is 0 Å². The maximum atomic E-state index is 7.03. The van der Waals surface area contributed by atoms with Crippen LogP contribution in [0.2, 0.25) is 0 Å². The zero-order valence-electron chi connectivity index (χ0n) is 5.83. The molecule has 0 aromatic carbocycles. The zero-order valence-corrected chi connectivity index (χ0v) is 5.83. The molecule has 0 spiro atoms. The molecule has 0 radical (unpaired) electrons. The average molecular weight is 138 g/mol. The van der Waals surface area contributed by atoms with Crippen LogP contribution in [-0.4, -0.2) is 15.4 Å². The molecule has 0 fully saturated rings. The van der Waals surface area contributed by atoms with Crippen LogP contribution < -0.4 is 5.73 Å². The van der Waals surface area contributed by atoms with Gasteiger partial charge in [-0.3, -0.25) is 5.41 Å². The third-order valence-corrected chi connectivity index (χ3v) is 1.27. The van der Waals surface area contributed by atoms with Gasteiger partial charge in [-0.15, -0.1) is 0 Å². The normalized spacial score (nSPS) is 9.70. The van der Waals surface area contributed by atoms with Crippen molar-refractivity contribution in [1.82, 2.24) is 9.55 Å². The quantitative estimate of drug-likeness (QED) is 0.452. The molecule has 0 aliphatic heterocycles. The first-order valence-electron chi connectivity index (χ1n) is 3.10. The lowest BCUT2D eigenvalue weighted by Gasteiger charge is -1.90. The topological polar surface area (TPSA) is 67.7 Å². The van der Waals surface area contributed by atoms with E-state index in [1.54, 1.807) is 12.5 Å². The Hall–Kier alpha value is -1.32. The minimum Gasteiger partial charge on any atom is -0.382 e. The summed E-state index contributed by atoms with van der Waals surface area (Å²) in [7, 11) is 0. The number of hydrogen-bond acceptors (Lipinski definition) is 2. The van der Waals surface area contributed by atoms with Crippen molar-refractivity contribution in [2.75, 3.05) is 0 Å². The number of nitrogen functional groups attached to an aromatic ring is 1. The average Bonchev–Trinajstić information content (AvgIpc) is 2.34. The summed E-state index contributed by atoms with van der Waals surface area (Å²) >= 11 is 0. The molecule has 1 heterocycles. The van der Waals surface area contributed by atoms with Crippen LogP contribution in [0.15, 0.2) is 12.5 Å². The molecule has 54 valence electrons. The number of aryl methyl sites for hydroxylation is 1. The lowest BCUT2D eigenvalue weighted by Crippen LogP contribution is -2.11. The van der Waals surface area contributed by atoms with Crippen LogP contribution in [0.4, 0.5) is 0 Å². The van der Waals surface area contributed by atoms with E-state index in [-0.39, 0.29) is 5.84 Å². The summed E-state index contributed by atoms with van der Waals surface area (Å²) in [6, 6.07) is 0. The van der Waals surface area contributed by atoms with Gasteiger partial charge in [0.15, 0.2) is 0 Å². The van der Waals surface area contributed by atoms with Gasteiger partial charge in [-0.25, -0.2) is 4.98 Å². The Kier molecular flexibility index (Phi) is 1.71. The molecule has 0 atom stereocenters. The van der Waals surface area contributed by atoms with Crippen LogP contribution in [0.1, 0.15) is 12.6 Å². The number of aromatic nitrogens is 2. The fourth-order valence-electron chi connectivity index (χ4n) is 0.672. The van der Waals surface area contributed by atoms with Crippen LogP contribution >= 0.6 is 0 Å². The van der Waals surface area contributed by atoms with Crippen molar-refractivity contribution in [2.24, 2.45) is 5.73 Å². The first kappa shape index (κ1) is 6.80. The summed E-state index contributed by atoms with van der Waals surface area (Å²) in [4.78, 5) is 3.90. The largest absolute Gasteiger partial charge is 0.382 e. The van der Waals surface area contributed by atoms with Gasteiger partial charge in [-0.2, -0.15) is 0 Å². The van der Waals surface area contributed by atoms with Gasteiger partial charge in [0.05, 0.1) is 6.33 Å². The Balaban J connectivity index is 2.88. The maximum Gasteiger partial charge on any atom is 0.143 e. The zero-order chi connectivity index (χ0) is 7.56. The molecule has 1 rings (SSSR count). The van der Waals surface area contributed by atoms with Gasteiger partial charge in [0.2, 0.25) is 0 Å². The molecule has 0 saturated heterocycles. The molecule has 3 N–H and O–H groups in total. The lowest BCUT2D eigenvalue weighted by molar-refractivity contribution is 0.761. The Labute approximate surface area is 59.2 Å². The molecule has 0 aliphatic rings. The van der Waals surface area contributed by atoms with Gasteiger partial charge < -0.3 is 10.3 Å². The highest BCUT2D eigenvalue weighted by Crippen LogP contribution is 1.93. The summed E-state index contributed by atoms with van der Waals surface area (Å²) in [5.74, 6) is 0.0206. The first-order valence-corrected chi connectivity index (χ1v) is 3.10. The van der Waals surface area contributed by atoms with Gasteiger partial charge in [-0.1, -0.05) is 0 Å². The molecule has 0 unspecified atom stereocenters. The van der Waals surface area contributed by atoms with E-state index in [9.17, 15) is 0 Å². The predicted molar refractivity (Wildman–Crippen MR) is 38.9 cm³/mol. The van der Waals surface area contributed by atoms with Crippen molar-refractivity contribution in [3.63, 3.8) is 0 Å². The fraction of sp³-hybridized carbons (Fsp3) is 0.333. The van der Waals surface area contributed by atoms with Crippen molar-refractivity contribution in [3.05, 3.63) is 18.2 Å². The minimum atomic E-state index is 0.0206. The number of hydrogen-bond donors (Lipinski definition) is 2. The molecular formula is C6H10N4. The number of imidazole rings is 1. The molecule has 4 heteroatoms. The van der Waals surface area contributed by atoms with E-state index in [1.807, 2.05) is 11.5 Å². The first-order chi connectivity index (χ1) is 4.74. The van der Waals surface area contributed by atoms with E-state index < -0.39 is 0 Å². The van der Waals surface area contributed by atoms with E-state index in [4.69, 9.17) is 11.1 Å². The molecule has 1 aromatic rings. The van der Waals surface area contributed by atoms with Crippen LogP contribution in [0.3, 0.4) is 0 Å². The van der Waals surface area contributed by atoms with Crippen LogP contribution in [0, 0.1) is 5.41 Å². The molecule has 0 amide bonds. The Bertz CT molecular complexity index is 238. The SMILES string of the molecule is CCn1cnc(C(=N)N)c1. The fourth-order valence-corrected chi connectivity index (χ4v) is 0.672. The molecule has 1 aromatic heterocycles. The number of nitrogens with one attached hydrogen (secondary N) is 1. The maximum absolute atomic E-state index is 7.03. The van der Waals surface area contributed by atoms with Gasteiger partial charge in [0.25, 0.3) is 0 Å². The highest BCUT2D eigenvalue weighted by molar-refractivity contribution is 5.92. The minimum absolute atomic E-state index is 0.0206. The lowest BCUT2D eigenvalue weighted by atomic mass is 10.4. The highest BCUT2D eigenvalue weighted by atomic mass is 15.0. The number of nitrogens with two attached hydrogens (primary N) is 1. The molecular weight excluding hydrogens is 128 g/mol. The third-order valence-electron chi connectivity index (χ3n) is 1.27.